The van der Waals surface area contributed by atoms with Gasteiger partial charge in [0.25, 0.3) is 0 Å². The second kappa shape index (κ2) is 10.0. The highest BCUT2D eigenvalue weighted by Gasteiger charge is 2.17. The average Bonchev–Trinajstić information content (AvgIpc) is 3.35. The van der Waals surface area contributed by atoms with Crippen molar-refractivity contribution < 1.29 is 9.18 Å². The van der Waals surface area contributed by atoms with Crippen LogP contribution in [0.4, 0.5) is 4.39 Å². The molecule has 0 unspecified atom stereocenters. The van der Waals surface area contributed by atoms with Crippen LogP contribution in [0.25, 0.3) is 16.9 Å². The summed E-state index contributed by atoms with van der Waals surface area (Å²) in [7, 11) is 0. The molecular formula is C27H30FN5O. The highest BCUT2D eigenvalue weighted by molar-refractivity contribution is 5.79. The van der Waals surface area contributed by atoms with Gasteiger partial charge < -0.3 is 5.32 Å². The Morgan fingerprint density at radius 1 is 1.03 bits per heavy atom. The molecule has 0 radical (unpaired) electrons. The number of carbonyl (C=O) groups excluding carboxylic acids is 1. The lowest BCUT2D eigenvalue weighted by molar-refractivity contribution is -0.120. The maximum atomic E-state index is 13.5. The smallest absolute Gasteiger partial charge is 0.224 e. The first-order valence-electron chi connectivity index (χ1n) is 11.5. The second-order valence-electron chi connectivity index (χ2n) is 8.97. The summed E-state index contributed by atoms with van der Waals surface area (Å²) in [5.41, 5.74) is 6.16. The van der Waals surface area contributed by atoms with Gasteiger partial charge >= 0.3 is 0 Å². The molecule has 1 N–H and O–H groups in total. The number of para-hydroxylation sites is 1. The third kappa shape index (κ3) is 5.25. The van der Waals surface area contributed by atoms with Gasteiger partial charge in [-0.15, -0.1) is 0 Å². The van der Waals surface area contributed by atoms with Gasteiger partial charge in [0, 0.05) is 41.7 Å². The summed E-state index contributed by atoms with van der Waals surface area (Å²) >= 11 is 0. The Bertz CT molecular complexity index is 1270. The summed E-state index contributed by atoms with van der Waals surface area (Å²) in [6.07, 6.45) is 2.18. The maximum Gasteiger partial charge on any atom is 0.224 e. The number of amides is 1. The van der Waals surface area contributed by atoms with Crippen LogP contribution in [0, 0.1) is 25.6 Å². The second-order valence-corrected chi connectivity index (χ2v) is 8.97. The number of hydrogen-bond acceptors (Lipinski definition) is 3. The van der Waals surface area contributed by atoms with Crippen LogP contribution in [0.5, 0.6) is 0 Å². The van der Waals surface area contributed by atoms with E-state index in [2.05, 4.69) is 24.3 Å². The van der Waals surface area contributed by atoms with E-state index in [4.69, 9.17) is 5.10 Å². The molecule has 7 heteroatoms. The first-order valence-corrected chi connectivity index (χ1v) is 11.5. The average molecular weight is 460 g/mol. The maximum absolute atomic E-state index is 13.5. The minimum Gasteiger partial charge on any atom is -0.352 e. The van der Waals surface area contributed by atoms with E-state index in [1.807, 2.05) is 55.1 Å². The molecule has 0 spiro atoms. The summed E-state index contributed by atoms with van der Waals surface area (Å²) in [6, 6.07) is 16.0. The van der Waals surface area contributed by atoms with E-state index in [1.54, 1.807) is 16.8 Å². The molecule has 0 aliphatic carbocycles. The van der Waals surface area contributed by atoms with Crippen molar-refractivity contribution in [3.05, 3.63) is 89.1 Å². The van der Waals surface area contributed by atoms with Gasteiger partial charge in [0.05, 0.1) is 23.5 Å². The molecule has 0 saturated heterocycles. The van der Waals surface area contributed by atoms with E-state index in [-0.39, 0.29) is 18.1 Å². The lowest BCUT2D eigenvalue weighted by atomic mass is 10.1. The number of nitrogens with one attached hydrogen (secondary N) is 1. The highest BCUT2D eigenvalue weighted by atomic mass is 19.1. The first kappa shape index (κ1) is 23.4. The van der Waals surface area contributed by atoms with E-state index in [0.29, 0.717) is 18.2 Å². The molecule has 4 rings (SSSR count). The highest BCUT2D eigenvalue weighted by Crippen LogP contribution is 2.24. The molecule has 0 aliphatic heterocycles. The minimum absolute atomic E-state index is 0.0761. The summed E-state index contributed by atoms with van der Waals surface area (Å²) < 4.78 is 17.2. The Morgan fingerprint density at radius 2 is 1.74 bits per heavy atom. The van der Waals surface area contributed by atoms with Gasteiger partial charge in [-0.3, -0.25) is 9.48 Å². The van der Waals surface area contributed by atoms with Crippen molar-refractivity contribution in [1.29, 1.82) is 0 Å². The molecule has 0 bridgehead atoms. The molecule has 176 valence electrons. The molecule has 2 heterocycles. The van der Waals surface area contributed by atoms with Crippen LogP contribution in [-0.4, -0.2) is 25.5 Å². The van der Waals surface area contributed by atoms with Gasteiger partial charge in [-0.2, -0.15) is 10.2 Å². The number of aryl methyl sites for hydroxylation is 1. The number of rotatable bonds is 8. The van der Waals surface area contributed by atoms with Crippen LogP contribution >= 0.6 is 0 Å². The van der Waals surface area contributed by atoms with Gasteiger partial charge in [0.15, 0.2) is 0 Å². The molecular weight excluding hydrogens is 429 g/mol. The van der Waals surface area contributed by atoms with E-state index < -0.39 is 0 Å². The molecule has 0 fully saturated rings. The lowest BCUT2D eigenvalue weighted by Crippen LogP contribution is -2.25. The fourth-order valence-electron chi connectivity index (χ4n) is 4.03. The predicted octanol–water partition coefficient (Wildman–Crippen LogP) is 5.01. The monoisotopic (exact) mass is 459 g/mol. The van der Waals surface area contributed by atoms with Crippen molar-refractivity contribution in [1.82, 2.24) is 24.9 Å². The topological polar surface area (TPSA) is 64.7 Å². The fraction of sp³-hybridized carbons (Fsp3) is 0.296. The van der Waals surface area contributed by atoms with Crippen LogP contribution in [0.2, 0.25) is 0 Å². The molecule has 4 aromatic rings. The van der Waals surface area contributed by atoms with Crippen molar-refractivity contribution in [2.75, 3.05) is 0 Å². The van der Waals surface area contributed by atoms with Crippen molar-refractivity contribution in [3.8, 4) is 16.9 Å². The Labute approximate surface area is 199 Å². The molecule has 0 atom stereocenters. The van der Waals surface area contributed by atoms with Gasteiger partial charge in [-0.1, -0.05) is 32.0 Å². The van der Waals surface area contributed by atoms with Crippen molar-refractivity contribution in [3.63, 3.8) is 0 Å². The molecule has 2 aromatic carbocycles. The largest absolute Gasteiger partial charge is 0.352 e. The summed E-state index contributed by atoms with van der Waals surface area (Å²) in [5.74, 6) is 0.100. The summed E-state index contributed by atoms with van der Waals surface area (Å²) in [6.45, 7) is 9.41. The molecule has 34 heavy (non-hydrogen) atoms. The van der Waals surface area contributed by atoms with Crippen LogP contribution in [0.3, 0.4) is 0 Å². The van der Waals surface area contributed by atoms with Gasteiger partial charge in [0.1, 0.15) is 5.82 Å². The van der Waals surface area contributed by atoms with Crippen LogP contribution in [0.15, 0.2) is 60.8 Å². The number of aromatic nitrogens is 4. The third-order valence-corrected chi connectivity index (χ3v) is 5.81. The number of benzene rings is 2. The molecule has 6 nitrogen and oxygen atoms in total. The van der Waals surface area contributed by atoms with Gasteiger partial charge in [-0.05, 0) is 56.2 Å². The van der Waals surface area contributed by atoms with Gasteiger partial charge in [-0.25, -0.2) is 9.07 Å². The molecule has 0 aliphatic rings. The van der Waals surface area contributed by atoms with Crippen molar-refractivity contribution in [2.45, 2.75) is 47.2 Å². The van der Waals surface area contributed by atoms with Crippen LogP contribution < -0.4 is 5.32 Å². The standard InChI is InChI=1S/C27H30FN5O/c1-18(2)16-32-20(4)25(19(3)30-32)14-26(34)29-15-22-17-33(24-8-6-5-7-9-24)31-27(22)21-10-12-23(28)13-11-21/h5-13,17-18H,14-16H2,1-4H3,(H,29,34). The van der Waals surface area contributed by atoms with Crippen LogP contribution in [-0.2, 0) is 24.3 Å². The number of nitrogens with zero attached hydrogens (tertiary/aromatic N) is 4. The lowest BCUT2D eigenvalue weighted by Gasteiger charge is -2.09. The number of halogens is 1. The van der Waals surface area contributed by atoms with Gasteiger partial charge in [0.2, 0.25) is 5.91 Å². The molecule has 1 amide bonds. The Hall–Kier alpha value is -3.74. The zero-order valence-electron chi connectivity index (χ0n) is 20.0. The van der Waals surface area contributed by atoms with E-state index >= 15 is 0 Å². The SMILES string of the molecule is Cc1nn(CC(C)C)c(C)c1CC(=O)NCc1cn(-c2ccccc2)nc1-c1ccc(F)cc1. The predicted molar refractivity (Wildman–Crippen MR) is 131 cm³/mol. The molecule has 0 saturated carbocycles. The Kier molecular flexibility index (Phi) is 6.91. The van der Waals surface area contributed by atoms with Crippen LogP contribution in [0.1, 0.15) is 36.4 Å². The number of hydrogen-bond donors (Lipinski definition) is 1. The van der Waals surface area contributed by atoms with Crippen molar-refractivity contribution in [2.24, 2.45) is 5.92 Å². The first-order chi connectivity index (χ1) is 16.3. The number of carbonyl (C=O) groups is 1. The van der Waals surface area contributed by atoms with Crippen molar-refractivity contribution >= 4 is 5.91 Å². The summed E-state index contributed by atoms with van der Waals surface area (Å²) in [4.78, 5) is 12.9. The zero-order valence-corrected chi connectivity index (χ0v) is 20.0. The third-order valence-electron chi connectivity index (χ3n) is 5.81. The zero-order chi connectivity index (χ0) is 24.2. The molecule has 2 aromatic heterocycles. The van der Waals surface area contributed by atoms with E-state index in [1.165, 1.54) is 12.1 Å². The summed E-state index contributed by atoms with van der Waals surface area (Å²) in [5, 5.41) is 12.4. The Balaban J connectivity index is 1.54. The van der Waals surface area contributed by atoms with E-state index in [9.17, 15) is 9.18 Å². The normalized spacial score (nSPS) is 11.2. The fourth-order valence-corrected chi connectivity index (χ4v) is 4.03. The quantitative estimate of drug-likeness (QED) is 0.403. The minimum atomic E-state index is -0.301. The Morgan fingerprint density at radius 3 is 2.41 bits per heavy atom. The van der Waals surface area contributed by atoms with E-state index in [0.717, 1.165) is 40.3 Å².